The fourth-order valence-electron chi connectivity index (χ4n) is 1.02. The summed E-state index contributed by atoms with van der Waals surface area (Å²) in [6.07, 6.45) is 0.270. The van der Waals surface area contributed by atoms with E-state index in [0.717, 1.165) is 0 Å². The number of para-hydroxylation sites is 1. The predicted molar refractivity (Wildman–Crippen MR) is 57.9 cm³/mol. The third-order valence-electron chi connectivity index (χ3n) is 1.83. The number of hydrogen-bond donors (Lipinski definition) is 0. The Morgan fingerprint density at radius 1 is 1.12 bits per heavy atom. The first kappa shape index (κ1) is 12.2. The molecule has 0 spiro atoms. The fraction of sp³-hybridized carbons (Fsp3) is 0.333. The minimum atomic E-state index is -0.553. The summed E-state index contributed by atoms with van der Waals surface area (Å²) >= 11 is 0. The molecular weight excluding hydrogens is 208 g/mol. The van der Waals surface area contributed by atoms with Gasteiger partial charge in [0, 0.05) is 6.42 Å². The van der Waals surface area contributed by atoms with Crippen LogP contribution in [0.25, 0.3) is 0 Å². The van der Waals surface area contributed by atoms with E-state index in [0.29, 0.717) is 5.75 Å². The second kappa shape index (κ2) is 6.61. The number of rotatable bonds is 5. The molecule has 4 heteroatoms. The van der Waals surface area contributed by atoms with Gasteiger partial charge < -0.3 is 9.47 Å². The summed E-state index contributed by atoms with van der Waals surface area (Å²) < 4.78 is 9.76. The van der Waals surface area contributed by atoms with Gasteiger partial charge in [-0.05, 0) is 12.1 Å². The number of benzene rings is 1. The van der Waals surface area contributed by atoms with Crippen molar-refractivity contribution in [3.05, 3.63) is 30.3 Å². The molecule has 0 unspecified atom stereocenters. The van der Waals surface area contributed by atoms with Crippen molar-refractivity contribution in [3.8, 4) is 5.75 Å². The van der Waals surface area contributed by atoms with Gasteiger partial charge in [-0.15, -0.1) is 0 Å². The Morgan fingerprint density at radius 2 is 1.81 bits per heavy atom. The molecule has 16 heavy (non-hydrogen) atoms. The molecule has 0 atom stereocenters. The molecule has 1 rings (SSSR count). The normalized spacial score (nSPS) is 9.56. The topological polar surface area (TPSA) is 52.6 Å². The van der Waals surface area contributed by atoms with Crippen LogP contribution >= 0.6 is 0 Å². The van der Waals surface area contributed by atoms with Crippen LogP contribution in [0.1, 0.15) is 19.8 Å². The van der Waals surface area contributed by atoms with Gasteiger partial charge in [0.2, 0.25) is 0 Å². The summed E-state index contributed by atoms with van der Waals surface area (Å²) in [5.74, 6) is -0.371. The highest BCUT2D eigenvalue weighted by Crippen LogP contribution is 2.08. The van der Waals surface area contributed by atoms with Crippen molar-refractivity contribution in [1.29, 1.82) is 0 Å². The van der Waals surface area contributed by atoms with Crippen molar-refractivity contribution in [2.45, 2.75) is 19.8 Å². The average Bonchev–Trinajstić information content (AvgIpc) is 2.30. The number of carbonyl (C=O) groups is 2. The molecule has 0 bridgehead atoms. The largest absolute Gasteiger partial charge is 0.493 e. The number of hydrogen-bond acceptors (Lipinski definition) is 4. The van der Waals surface area contributed by atoms with E-state index in [4.69, 9.17) is 4.74 Å². The molecule has 1 aromatic carbocycles. The zero-order valence-corrected chi connectivity index (χ0v) is 9.14. The van der Waals surface area contributed by atoms with E-state index < -0.39 is 11.9 Å². The molecule has 1 aromatic rings. The summed E-state index contributed by atoms with van der Waals surface area (Å²) in [7, 11) is 0. The van der Waals surface area contributed by atoms with Crippen molar-refractivity contribution in [3.63, 3.8) is 0 Å². The SMILES string of the molecule is CCC(=O)OC(=O)CCOc1ccccc1. The second-order valence-electron chi connectivity index (χ2n) is 3.11. The van der Waals surface area contributed by atoms with Crippen LogP contribution in [0, 0.1) is 0 Å². The fourth-order valence-corrected chi connectivity index (χ4v) is 1.02. The van der Waals surface area contributed by atoms with Crippen LogP contribution in [-0.4, -0.2) is 18.5 Å². The first-order chi connectivity index (χ1) is 7.72. The minimum absolute atomic E-state index is 0.0701. The Hall–Kier alpha value is -1.84. The summed E-state index contributed by atoms with van der Waals surface area (Å²) in [5, 5.41) is 0. The summed E-state index contributed by atoms with van der Waals surface area (Å²) in [4.78, 5) is 21.9. The van der Waals surface area contributed by atoms with E-state index in [2.05, 4.69) is 4.74 Å². The molecule has 0 saturated carbocycles. The van der Waals surface area contributed by atoms with Gasteiger partial charge in [-0.25, -0.2) is 0 Å². The van der Waals surface area contributed by atoms with E-state index in [1.54, 1.807) is 19.1 Å². The van der Waals surface area contributed by atoms with Crippen LogP contribution < -0.4 is 4.74 Å². The molecule has 4 nitrogen and oxygen atoms in total. The van der Waals surface area contributed by atoms with Gasteiger partial charge in [0.25, 0.3) is 0 Å². The van der Waals surface area contributed by atoms with Gasteiger partial charge in [-0.2, -0.15) is 0 Å². The van der Waals surface area contributed by atoms with E-state index in [1.807, 2.05) is 18.2 Å². The minimum Gasteiger partial charge on any atom is -0.493 e. The molecule has 0 aliphatic carbocycles. The standard InChI is InChI=1S/C12H14O4/c1-2-11(13)16-12(14)8-9-15-10-6-4-3-5-7-10/h3-7H,2,8-9H2,1H3. The maximum absolute atomic E-state index is 11.1. The lowest BCUT2D eigenvalue weighted by Crippen LogP contribution is -2.14. The molecule has 0 N–H and O–H groups in total. The summed E-state index contributed by atoms with van der Waals surface area (Å²) in [6, 6.07) is 9.15. The number of carbonyl (C=O) groups excluding carboxylic acids is 2. The smallest absolute Gasteiger partial charge is 0.316 e. The Bertz CT molecular complexity index is 345. The zero-order chi connectivity index (χ0) is 11.8. The third kappa shape index (κ3) is 4.59. The Kier molecular flexibility index (Phi) is 5.05. The van der Waals surface area contributed by atoms with Gasteiger partial charge in [0.05, 0.1) is 13.0 Å². The highest BCUT2D eigenvalue weighted by Gasteiger charge is 2.08. The maximum atomic E-state index is 11.1. The molecule has 0 aliphatic rings. The first-order valence-corrected chi connectivity index (χ1v) is 5.13. The molecule has 86 valence electrons. The molecule has 0 fully saturated rings. The first-order valence-electron chi connectivity index (χ1n) is 5.13. The summed E-state index contributed by atoms with van der Waals surface area (Å²) in [5.41, 5.74) is 0. The Labute approximate surface area is 94.2 Å². The molecule has 0 saturated heterocycles. The van der Waals surface area contributed by atoms with Crippen LogP contribution in [-0.2, 0) is 14.3 Å². The highest BCUT2D eigenvalue weighted by molar-refractivity contribution is 5.85. The van der Waals surface area contributed by atoms with Crippen LogP contribution in [0.5, 0.6) is 5.75 Å². The van der Waals surface area contributed by atoms with Crippen molar-refractivity contribution < 1.29 is 19.1 Å². The van der Waals surface area contributed by atoms with Crippen LogP contribution in [0.15, 0.2) is 30.3 Å². The van der Waals surface area contributed by atoms with E-state index in [9.17, 15) is 9.59 Å². The molecule has 0 aliphatic heterocycles. The molecule has 0 aromatic heterocycles. The maximum Gasteiger partial charge on any atom is 0.316 e. The van der Waals surface area contributed by atoms with E-state index >= 15 is 0 Å². The Morgan fingerprint density at radius 3 is 2.44 bits per heavy atom. The van der Waals surface area contributed by atoms with Crippen molar-refractivity contribution in [2.75, 3.05) is 6.61 Å². The molecule has 0 radical (unpaired) electrons. The second-order valence-corrected chi connectivity index (χ2v) is 3.11. The van der Waals surface area contributed by atoms with E-state index in [1.165, 1.54) is 0 Å². The lowest BCUT2D eigenvalue weighted by atomic mass is 10.3. The highest BCUT2D eigenvalue weighted by atomic mass is 16.6. The third-order valence-corrected chi connectivity index (χ3v) is 1.83. The van der Waals surface area contributed by atoms with Gasteiger partial charge in [0.15, 0.2) is 0 Å². The van der Waals surface area contributed by atoms with E-state index in [-0.39, 0.29) is 19.4 Å². The molecule has 0 heterocycles. The predicted octanol–water partition coefficient (Wildman–Crippen LogP) is 1.94. The van der Waals surface area contributed by atoms with Crippen molar-refractivity contribution in [2.24, 2.45) is 0 Å². The summed E-state index contributed by atoms with van der Waals surface area (Å²) in [6.45, 7) is 1.84. The number of ether oxygens (including phenoxy) is 2. The van der Waals surface area contributed by atoms with Gasteiger partial charge >= 0.3 is 11.9 Å². The Balaban J connectivity index is 2.21. The van der Waals surface area contributed by atoms with Crippen LogP contribution in [0.2, 0.25) is 0 Å². The van der Waals surface area contributed by atoms with Gasteiger partial charge in [-0.3, -0.25) is 9.59 Å². The lowest BCUT2D eigenvalue weighted by molar-refractivity contribution is -0.159. The average molecular weight is 222 g/mol. The monoisotopic (exact) mass is 222 g/mol. The number of esters is 2. The van der Waals surface area contributed by atoms with Crippen LogP contribution in [0.3, 0.4) is 0 Å². The van der Waals surface area contributed by atoms with Gasteiger partial charge in [0.1, 0.15) is 5.75 Å². The quantitative estimate of drug-likeness (QED) is 0.564. The van der Waals surface area contributed by atoms with Crippen molar-refractivity contribution >= 4 is 11.9 Å². The molecule has 0 amide bonds. The van der Waals surface area contributed by atoms with Crippen LogP contribution in [0.4, 0.5) is 0 Å². The molecular formula is C12H14O4. The lowest BCUT2D eigenvalue weighted by Gasteiger charge is -2.04. The zero-order valence-electron chi connectivity index (χ0n) is 9.14. The van der Waals surface area contributed by atoms with Crippen molar-refractivity contribution in [1.82, 2.24) is 0 Å². The van der Waals surface area contributed by atoms with Gasteiger partial charge in [-0.1, -0.05) is 25.1 Å².